The van der Waals surface area contributed by atoms with Gasteiger partial charge in [-0.15, -0.1) is 0 Å². The molecule has 5 nitrogen and oxygen atoms in total. The summed E-state index contributed by atoms with van der Waals surface area (Å²) in [6.45, 7) is 0.457. The van der Waals surface area contributed by atoms with Crippen molar-refractivity contribution in [3.8, 4) is 5.75 Å². The number of carboxylic acids is 1. The van der Waals surface area contributed by atoms with Crippen molar-refractivity contribution in [3.63, 3.8) is 0 Å². The average Bonchev–Trinajstić information content (AvgIpc) is 2.83. The summed E-state index contributed by atoms with van der Waals surface area (Å²) in [4.78, 5) is 24.7. The number of hydrogen-bond donors (Lipinski definition) is 2. The van der Waals surface area contributed by atoms with Crippen molar-refractivity contribution in [1.29, 1.82) is 0 Å². The molecule has 32 heavy (non-hydrogen) atoms. The number of rotatable bonds is 8. The highest BCUT2D eigenvalue weighted by molar-refractivity contribution is 6.07. The second-order valence-electron chi connectivity index (χ2n) is 7.51. The number of amides is 1. The van der Waals surface area contributed by atoms with Crippen LogP contribution in [0.4, 0.5) is 0 Å². The van der Waals surface area contributed by atoms with Gasteiger partial charge in [-0.25, -0.2) is 4.79 Å². The molecule has 1 amide bonds. The van der Waals surface area contributed by atoms with Crippen LogP contribution in [0.2, 0.25) is 0 Å². The average molecular weight is 425 g/mol. The fourth-order valence-electron chi connectivity index (χ4n) is 3.56. The minimum absolute atomic E-state index is 0.171. The number of hydrogen-bond acceptors (Lipinski definition) is 3. The highest BCUT2D eigenvalue weighted by Crippen LogP contribution is 2.19. The van der Waals surface area contributed by atoms with Gasteiger partial charge >= 0.3 is 5.97 Å². The molecule has 0 bridgehead atoms. The van der Waals surface area contributed by atoms with Crippen LogP contribution in [0.5, 0.6) is 5.75 Å². The fourth-order valence-corrected chi connectivity index (χ4v) is 3.56. The van der Waals surface area contributed by atoms with Gasteiger partial charge in [-0.3, -0.25) is 4.79 Å². The van der Waals surface area contributed by atoms with Gasteiger partial charge in [0.1, 0.15) is 18.4 Å². The Morgan fingerprint density at radius 2 is 1.47 bits per heavy atom. The number of aliphatic carboxylic acids is 1. The Labute approximate surface area is 186 Å². The molecule has 4 aromatic rings. The van der Waals surface area contributed by atoms with E-state index in [0.29, 0.717) is 17.9 Å². The van der Waals surface area contributed by atoms with Crippen LogP contribution in [0.25, 0.3) is 10.8 Å². The zero-order valence-electron chi connectivity index (χ0n) is 17.4. The van der Waals surface area contributed by atoms with Crippen LogP contribution in [0.15, 0.2) is 97.1 Å². The highest BCUT2D eigenvalue weighted by Gasteiger charge is 2.22. The molecule has 4 aromatic carbocycles. The summed E-state index contributed by atoms with van der Waals surface area (Å²) in [7, 11) is 0. The Hall–Kier alpha value is -4.12. The van der Waals surface area contributed by atoms with E-state index in [1.165, 1.54) is 0 Å². The van der Waals surface area contributed by atoms with E-state index < -0.39 is 17.9 Å². The standard InChI is InChI=1S/C27H23NO4/c29-26(24-12-6-10-21-9-4-5-11-23(21)24)28-25(27(30)31)17-19-13-15-22(16-14-19)32-18-20-7-2-1-3-8-20/h1-16,25H,17-18H2,(H,28,29)(H,30,31)/t25-/m1/s1. The van der Waals surface area contributed by atoms with E-state index >= 15 is 0 Å². The van der Waals surface area contributed by atoms with Crippen LogP contribution in [-0.2, 0) is 17.8 Å². The number of nitrogens with one attached hydrogen (secondary N) is 1. The van der Waals surface area contributed by atoms with Crippen molar-refractivity contribution in [2.24, 2.45) is 0 Å². The molecule has 0 aliphatic heterocycles. The summed E-state index contributed by atoms with van der Waals surface area (Å²) in [6.07, 6.45) is 0.171. The predicted molar refractivity (Wildman–Crippen MR) is 124 cm³/mol. The number of carbonyl (C=O) groups excluding carboxylic acids is 1. The van der Waals surface area contributed by atoms with E-state index in [2.05, 4.69) is 5.32 Å². The monoisotopic (exact) mass is 425 g/mol. The number of carbonyl (C=O) groups is 2. The second kappa shape index (κ2) is 9.79. The van der Waals surface area contributed by atoms with Crippen molar-refractivity contribution in [2.45, 2.75) is 19.1 Å². The van der Waals surface area contributed by atoms with Crippen molar-refractivity contribution in [2.75, 3.05) is 0 Å². The maximum Gasteiger partial charge on any atom is 0.326 e. The molecule has 0 unspecified atom stereocenters. The van der Waals surface area contributed by atoms with Gasteiger partial charge in [0.2, 0.25) is 0 Å². The van der Waals surface area contributed by atoms with Crippen LogP contribution in [0.1, 0.15) is 21.5 Å². The molecule has 5 heteroatoms. The van der Waals surface area contributed by atoms with Crippen LogP contribution < -0.4 is 10.1 Å². The molecular weight excluding hydrogens is 402 g/mol. The van der Waals surface area contributed by atoms with Gasteiger partial charge < -0.3 is 15.2 Å². The van der Waals surface area contributed by atoms with E-state index in [0.717, 1.165) is 21.9 Å². The molecule has 2 N–H and O–H groups in total. The SMILES string of the molecule is O=C(N[C@H](Cc1ccc(OCc2ccccc2)cc1)C(=O)O)c1cccc2ccccc12. The fraction of sp³-hybridized carbons (Fsp3) is 0.111. The molecule has 0 saturated heterocycles. The molecule has 0 aliphatic rings. The first-order chi connectivity index (χ1) is 15.6. The Bertz CT molecular complexity index is 1210. The van der Waals surface area contributed by atoms with E-state index in [9.17, 15) is 14.7 Å². The highest BCUT2D eigenvalue weighted by atomic mass is 16.5. The lowest BCUT2D eigenvalue weighted by atomic mass is 10.0. The number of ether oxygens (including phenoxy) is 1. The maximum absolute atomic E-state index is 12.8. The van der Waals surface area contributed by atoms with Gasteiger partial charge in [0.25, 0.3) is 5.91 Å². The Balaban J connectivity index is 1.42. The Kier molecular flexibility index (Phi) is 6.46. The largest absolute Gasteiger partial charge is 0.489 e. The molecule has 0 saturated carbocycles. The van der Waals surface area contributed by atoms with E-state index in [1.54, 1.807) is 12.1 Å². The molecule has 4 rings (SSSR count). The molecule has 0 aliphatic carbocycles. The van der Waals surface area contributed by atoms with Gasteiger partial charge in [0.05, 0.1) is 0 Å². The van der Waals surface area contributed by atoms with Crippen LogP contribution in [0.3, 0.4) is 0 Å². The second-order valence-corrected chi connectivity index (χ2v) is 7.51. The minimum Gasteiger partial charge on any atom is -0.489 e. The summed E-state index contributed by atoms with van der Waals surface area (Å²) in [6, 6.07) is 29.0. The normalized spacial score (nSPS) is 11.6. The van der Waals surface area contributed by atoms with E-state index in [4.69, 9.17) is 4.74 Å². The lowest BCUT2D eigenvalue weighted by Crippen LogP contribution is -2.42. The van der Waals surface area contributed by atoms with Gasteiger partial charge in [-0.05, 0) is 40.1 Å². The third kappa shape index (κ3) is 5.13. The molecular formula is C27H23NO4. The van der Waals surface area contributed by atoms with Crippen LogP contribution in [-0.4, -0.2) is 23.0 Å². The summed E-state index contributed by atoms with van der Waals surface area (Å²) in [5.74, 6) is -0.788. The lowest BCUT2D eigenvalue weighted by molar-refractivity contribution is -0.139. The topological polar surface area (TPSA) is 75.6 Å². The van der Waals surface area contributed by atoms with Gasteiger partial charge in [0.15, 0.2) is 0 Å². The molecule has 1 atom stereocenters. The first kappa shape index (κ1) is 21.1. The number of fused-ring (bicyclic) bond motifs is 1. The lowest BCUT2D eigenvalue weighted by Gasteiger charge is -2.16. The molecule has 0 radical (unpaired) electrons. The zero-order valence-corrected chi connectivity index (χ0v) is 17.4. The maximum atomic E-state index is 12.8. The first-order valence-electron chi connectivity index (χ1n) is 10.4. The van der Waals surface area contributed by atoms with E-state index in [-0.39, 0.29) is 6.42 Å². The summed E-state index contributed by atoms with van der Waals surface area (Å²) in [5.41, 5.74) is 2.32. The predicted octanol–water partition coefficient (Wildman–Crippen LogP) is 4.84. The van der Waals surface area contributed by atoms with E-state index in [1.807, 2.05) is 84.9 Å². The number of carboxylic acid groups (broad SMARTS) is 1. The molecule has 0 aromatic heterocycles. The van der Waals surface area contributed by atoms with Crippen molar-refractivity contribution in [3.05, 3.63) is 114 Å². The first-order valence-corrected chi connectivity index (χ1v) is 10.4. The summed E-state index contributed by atoms with van der Waals surface area (Å²) >= 11 is 0. The Morgan fingerprint density at radius 1 is 0.781 bits per heavy atom. The molecule has 0 heterocycles. The third-order valence-electron chi connectivity index (χ3n) is 5.25. The molecule has 160 valence electrons. The van der Waals surface area contributed by atoms with Gasteiger partial charge in [0, 0.05) is 12.0 Å². The number of benzene rings is 4. The van der Waals surface area contributed by atoms with Crippen LogP contribution >= 0.6 is 0 Å². The van der Waals surface area contributed by atoms with Crippen molar-refractivity contribution < 1.29 is 19.4 Å². The third-order valence-corrected chi connectivity index (χ3v) is 5.25. The van der Waals surface area contributed by atoms with Crippen molar-refractivity contribution >= 4 is 22.6 Å². The van der Waals surface area contributed by atoms with Crippen LogP contribution in [0, 0.1) is 0 Å². The quantitative estimate of drug-likeness (QED) is 0.423. The summed E-state index contributed by atoms with van der Waals surface area (Å²) < 4.78 is 5.78. The zero-order chi connectivity index (χ0) is 22.3. The summed E-state index contributed by atoms with van der Waals surface area (Å²) in [5, 5.41) is 14.1. The van der Waals surface area contributed by atoms with Crippen molar-refractivity contribution in [1.82, 2.24) is 5.32 Å². The van der Waals surface area contributed by atoms with Gasteiger partial charge in [-0.2, -0.15) is 0 Å². The van der Waals surface area contributed by atoms with Gasteiger partial charge in [-0.1, -0.05) is 78.9 Å². The molecule has 0 spiro atoms. The minimum atomic E-state index is -1.08. The smallest absolute Gasteiger partial charge is 0.326 e. The molecule has 0 fully saturated rings. The Morgan fingerprint density at radius 3 is 2.22 bits per heavy atom.